The Bertz CT molecular complexity index is 1280. The van der Waals surface area contributed by atoms with E-state index in [9.17, 15) is 0 Å². The number of hydrogen-bond acceptors (Lipinski definition) is 0. The minimum Gasteiger partial charge on any atom is -0.354 e. The van der Waals surface area contributed by atoms with E-state index in [1.54, 1.807) is 0 Å². The molecule has 106 valence electrons. The van der Waals surface area contributed by atoms with Crippen LogP contribution in [0.15, 0.2) is 42.6 Å². The number of aromatic nitrogens is 2. The highest BCUT2D eigenvalue weighted by Crippen LogP contribution is 2.35. The fourth-order valence-electron chi connectivity index (χ4n) is 3.89. The van der Waals surface area contributed by atoms with Gasteiger partial charge in [0.15, 0.2) is 0 Å². The van der Waals surface area contributed by atoms with Gasteiger partial charge in [-0.05, 0) is 32.0 Å². The maximum Gasteiger partial charge on any atom is 0.0629 e. The lowest BCUT2D eigenvalue weighted by Crippen LogP contribution is -2.21. The average molecular weight is 284 g/mol. The van der Waals surface area contributed by atoms with Crippen LogP contribution in [0.2, 0.25) is 0 Å². The number of hydrogen-bond donors (Lipinski definition) is 1. The maximum atomic E-state index is 3.60. The van der Waals surface area contributed by atoms with E-state index in [1.807, 2.05) is 0 Å². The third-order valence-corrected chi connectivity index (χ3v) is 4.84. The van der Waals surface area contributed by atoms with Crippen molar-refractivity contribution < 1.29 is 0 Å². The second kappa shape index (κ2) is 3.92. The van der Waals surface area contributed by atoms with Crippen molar-refractivity contribution in [2.45, 2.75) is 13.8 Å². The summed E-state index contributed by atoms with van der Waals surface area (Å²) in [6, 6.07) is 13.2. The van der Waals surface area contributed by atoms with Gasteiger partial charge in [0, 0.05) is 38.3 Å². The Morgan fingerprint density at radius 1 is 0.909 bits per heavy atom. The number of rotatable bonds is 0. The highest BCUT2D eigenvalue weighted by atomic mass is 14.9. The van der Waals surface area contributed by atoms with E-state index in [4.69, 9.17) is 0 Å². The molecule has 0 aliphatic heterocycles. The number of benzene rings is 2. The number of H-pyrrole nitrogens is 1. The molecule has 0 aliphatic rings. The second-order valence-corrected chi connectivity index (χ2v) is 5.84. The zero-order valence-corrected chi connectivity index (χ0v) is 12.6. The molecule has 0 unspecified atom stereocenters. The summed E-state index contributed by atoms with van der Waals surface area (Å²) in [5.41, 5.74) is 3.84. The molecule has 0 atom stereocenters. The summed E-state index contributed by atoms with van der Waals surface area (Å²) in [4.78, 5) is 3.60. The van der Waals surface area contributed by atoms with Gasteiger partial charge in [0.05, 0.1) is 16.6 Å². The highest BCUT2D eigenvalue weighted by Gasteiger charge is 2.15. The molecule has 1 N–H and O–H groups in total. The third-order valence-electron chi connectivity index (χ3n) is 4.84. The zero-order valence-electron chi connectivity index (χ0n) is 12.6. The first kappa shape index (κ1) is 11.9. The van der Waals surface area contributed by atoms with Crippen LogP contribution in [0.1, 0.15) is 13.8 Å². The summed E-state index contributed by atoms with van der Waals surface area (Å²) in [5, 5.41) is 7.79. The van der Waals surface area contributed by atoms with Crippen LogP contribution in [-0.4, -0.2) is 9.38 Å². The molecular formula is C20H16N2. The lowest BCUT2D eigenvalue weighted by atomic mass is 10.1. The van der Waals surface area contributed by atoms with Gasteiger partial charge in [0.25, 0.3) is 0 Å². The number of nitrogens with zero attached hydrogens (tertiary/aromatic N) is 1. The molecule has 0 spiro atoms. The number of aromatic amines is 1. The minimum atomic E-state index is 1.21. The number of fused-ring (bicyclic) bond motifs is 5. The van der Waals surface area contributed by atoms with Crippen LogP contribution >= 0.6 is 0 Å². The minimum absolute atomic E-state index is 1.21. The molecule has 5 aromatic rings. The molecule has 0 aliphatic carbocycles. The first-order valence-electron chi connectivity index (χ1n) is 7.71. The largest absolute Gasteiger partial charge is 0.354 e. The van der Waals surface area contributed by atoms with Gasteiger partial charge in [-0.3, -0.25) is 0 Å². The van der Waals surface area contributed by atoms with Crippen LogP contribution in [0.25, 0.3) is 50.2 Å². The lowest BCUT2D eigenvalue weighted by molar-refractivity contribution is 1.30. The summed E-state index contributed by atoms with van der Waals surface area (Å²) < 4.78 is 2.31. The molecular weight excluding hydrogens is 268 g/mol. The summed E-state index contributed by atoms with van der Waals surface area (Å²) in [7, 11) is 0. The van der Waals surface area contributed by atoms with Crippen molar-refractivity contribution in [3.8, 4) is 0 Å². The third kappa shape index (κ3) is 1.22. The molecule has 22 heavy (non-hydrogen) atoms. The Balaban J connectivity index is 2.22. The molecule has 2 heteroatoms. The van der Waals surface area contributed by atoms with E-state index in [2.05, 4.69) is 78.0 Å². The Morgan fingerprint density at radius 3 is 2.59 bits per heavy atom. The van der Waals surface area contributed by atoms with E-state index < -0.39 is 0 Å². The SMILES string of the molecule is C/C=c1\c(=C/C)[nH]c2c1cc1c3ccccc3n3ccc2c13. The summed E-state index contributed by atoms with van der Waals surface area (Å²) in [6.45, 7) is 4.19. The zero-order chi connectivity index (χ0) is 14.8. The fraction of sp³-hybridized carbons (Fsp3) is 0.100. The van der Waals surface area contributed by atoms with Crippen LogP contribution in [0.3, 0.4) is 0 Å². The van der Waals surface area contributed by atoms with Crippen LogP contribution in [0, 0.1) is 0 Å². The Hall–Kier alpha value is -2.74. The molecule has 3 aromatic heterocycles. The van der Waals surface area contributed by atoms with Crippen LogP contribution < -0.4 is 10.6 Å². The van der Waals surface area contributed by atoms with Gasteiger partial charge in [-0.25, -0.2) is 0 Å². The van der Waals surface area contributed by atoms with Gasteiger partial charge < -0.3 is 9.38 Å². The number of nitrogens with one attached hydrogen (secondary N) is 1. The van der Waals surface area contributed by atoms with E-state index in [0.717, 1.165) is 0 Å². The average Bonchev–Trinajstić information content (AvgIpc) is 3.22. The predicted octanol–water partition coefficient (Wildman–Crippen LogP) is 3.77. The normalized spacial score (nSPS) is 14.5. The van der Waals surface area contributed by atoms with Crippen molar-refractivity contribution in [1.82, 2.24) is 9.38 Å². The molecule has 0 radical (unpaired) electrons. The molecule has 2 nitrogen and oxygen atoms in total. The van der Waals surface area contributed by atoms with Crippen LogP contribution in [0.5, 0.6) is 0 Å². The van der Waals surface area contributed by atoms with Gasteiger partial charge >= 0.3 is 0 Å². The van der Waals surface area contributed by atoms with Crippen molar-refractivity contribution >= 4 is 50.2 Å². The van der Waals surface area contributed by atoms with Crippen molar-refractivity contribution in [1.29, 1.82) is 0 Å². The lowest BCUT2D eigenvalue weighted by Gasteiger charge is -1.96. The highest BCUT2D eigenvalue weighted by molar-refractivity contribution is 6.22. The number of para-hydroxylation sites is 1. The monoisotopic (exact) mass is 284 g/mol. The molecule has 0 saturated carbocycles. The van der Waals surface area contributed by atoms with Crippen molar-refractivity contribution in [2.75, 3.05) is 0 Å². The van der Waals surface area contributed by atoms with Crippen LogP contribution in [0.4, 0.5) is 0 Å². The molecule has 0 saturated heterocycles. The Labute approximate surface area is 127 Å². The first-order chi connectivity index (χ1) is 10.8. The summed E-state index contributed by atoms with van der Waals surface area (Å²) in [6.07, 6.45) is 6.53. The van der Waals surface area contributed by atoms with E-state index in [0.29, 0.717) is 0 Å². The molecule has 2 aromatic carbocycles. The van der Waals surface area contributed by atoms with Crippen LogP contribution in [-0.2, 0) is 0 Å². The predicted molar refractivity (Wildman–Crippen MR) is 95.0 cm³/mol. The molecule has 0 amide bonds. The van der Waals surface area contributed by atoms with Crippen molar-refractivity contribution in [3.05, 3.63) is 53.2 Å². The molecule has 0 fully saturated rings. The Kier molecular flexibility index (Phi) is 2.11. The van der Waals surface area contributed by atoms with E-state index >= 15 is 0 Å². The van der Waals surface area contributed by atoms with Gasteiger partial charge in [0.2, 0.25) is 0 Å². The summed E-state index contributed by atoms with van der Waals surface area (Å²) >= 11 is 0. The van der Waals surface area contributed by atoms with Gasteiger partial charge in [-0.2, -0.15) is 0 Å². The molecule has 3 heterocycles. The maximum absolute atomic E-state index is 3.60. The van der Waals surface area contributed by atoms with E-state index in [-0.39, 0.29) is 0 Å². The van der Waals surface area contributed by atoms with Crippen molar-refractivity contribution in [2.24, 2.45) is 0 Å². The summed E-state index contributed by atoms with van der Waals surface area (Å²) in [5.74, 6) is 0. The van der Waals surface area contributed by atoms with Gasteiger partial charge in [-0.15, -0.1) is 0 Å². The van der Waals surface area contributed by atoms with Crippen molar-refractivity contribution in [3.63, 3.8) is 0 Å². The first-order valence-corrected chi connectivity index (χ1v) is 7.71. The quantitative estimate of drug-likeness (QED) is 0.447. The standard InChI is InChI=1S/C20H16N2/c1-3-12-15-11-16-13-7-5-6-8-18(13)22-10-9-14(20(16)22)19(15)21-17(12)4-2/h3-11,21H,1-2H3/b12-3-,17-4+. The van der Waals surface area contributed by atoms with E-state index in [1.165, 1.54) is 48.7 Å². The Morgan fingerprint density at radius 2 is 1.77 bits per heavy atom. The fourth-order valence-corrected chi connectivity index (χ4v) is 3.89. The second-order valence-electron chi connectivity index (χ2n) is 5.84. The van der Waals surface area contributed by atoms with Gasteiger partial charge in [0.1, 0.15) is 0 Å². The topological polar surface area (TPSA) is 20.2 Å². The molecule has 0 bridgehead atoms. The smallest absolute Gasteiger partial charge is 0.0629 e. The van der Waals surface area contributed by atoms with Gasteiger partial charge in [-0.1, -0.05) is 30.4 Å². The molecule has 5 rings (SSSR count).